The molecule has 1 saturated heterocycles. The first-order chi connectivity index (χ1) is 12.1. The summed E-state index contributed by atoms with van der Waals surface area (Å²) < 4.78 is 5.08. The van der Waals surface area contributed by atoms with Gasteiger partial charge in [0.2, 0.25) is 5.91 Å². The van der Waals surface area contributed by atoms with E-state index in [1.807, 2.05) is 4.90 Å². The standard InChI is InChI=1S/C20H24N2O3/c1-15-5-3-6-17(16(15)2)21-10-12-22(13-11-21)20(24)9-8-18(23)19-7-4-14-25-19/h3-7,14H,8-13H2,1-2H3. The quantitative estimate of drug-likeness (QED) is 0.784. The number of aryl methyl sites for hydroxylation is 1. The van der Waals surface area contributed by atoms with Gasteiger partial charge in [-0.25, -0.2) is 0 Å². The first-order valence-corrected chi connectivity index (χ1v) is 8.72. The minimum Gasteiger partial charge on any atom is -0.461 e. The highest BCUT2D eigenvalue weighted by molar-refractivity contribution is 5.95. The Bertz CT molecular complexity index is 744. The van der Waals surface area contributed by atoms with Crippen molar-refractivity contribution in [1.29, 1.82) is 0 Å². The Balaban J connectivity index is 1.51. The molecule has 0 N–H and O–H groups in total. The average Bonchev–Trinajstić information content (AvgIpc) is 3.17. The average molecular weight is 340 g/mol. The first kappa shape index (κ1) is 17.3. The molecule has 0 bridgehead atoms. The van der Waals surface area contributed by atoms with Crippen molar-refractivity contribution in [2.24, 2.45) is 0 Å². The fourth-order valence-corrected chi connectivity index (χ4v) is 3.21. The van der Waals surface area contributed by atoms with E-state index in [4.69, 9.17) is 4.42 Å². The number of ketones is 1. The monoisotopic (exact) mass is 340 g/mol. The van der Waals surface area contributed by atoms with Crippen molar-refractivity contribution in [3.8, 4) is 0 Å². The summed E-state index contributed by atoms with van der Waals surface area (Å²) in [6.45, 7) is 7.30. The molecule has 0 aliphatic carbocycles. The van der Waals surface area contributed by atoms with Gasteiger partial charge in [0.15, 0.2) is 11.5 Å². The molecule has 132 valence electrons. The van der Waals surface area contributed by atoms with E-state index < -0.39 is 0 Å². The zero-order valence-corrected chi connectivity index (χ0v) is 14.8. The molecule has 5 nitrogen and oxygen atoms in total. The minimum absolute atomic E-state index is 0.0421. The summed E-state index contributed by atoms with van der Waals surface area (Å²) in [4.78, 5) is 28.5. The lowest BCUT2D eigenvalue weighted by atomic mass is 10.1. The van der Waals surface area contributed by atoms with E-state index >= 15 is 0 Å². The van der Waals surface area contributed by atoms with Crippen molar-refractivity contribution < 1.29 is 14.0 Å². The Morgan fingerprint density at radius 3 is 2.44 bits per heavy atom. The molecule has 1 aliphatic heterocycles. The number of amides is 1. The number of rotatable bonds is 5. The second-order valence-electron chi connectivity index (χ2n) is 6.49. The molecule has 0 saturated carbocycles. The number of piperazine rings is 1. The molecule has 25 heavy (non-hydrogen) atoms. The predicted molar refractivity (Wildman–Crippen MR) is 97.0 cm³/mol. The maximum atomic E-state index is 12.4. The molecule has 3 rings (SSSR count). The van der Waals surface area contributed by atoms with Crippen molar-refractivity contribution in [1.82, 2.24) is 4.90 Å². The molecule has 1 fully saturated rings. The highest BCUT2D eigenvalue weighted by Crippen LogP contribution is 2.24. The van der Waals surface area contributed by atoms with Crippen LogP contribution in [0.3, 0.4) is 0 Å². The van der Waals surface area contributed by atoms with Crippen LogP contribution in [0.1, 0.15) is 34.5 Å². The topological polar surface area (TPSA) is 53.8 Å². The number of anilines is 1. The van der Waals surface area contributed by atoms with Crippen molar-refractivity contribution in [2.45, 2.75) is 26.7 Å². The third kappa shape index (κ3) is 3.92. The van der Waals surface area contributed by atoms with Gasteiger partial charge in [-0.05, 0) is 43.2 Å². The fraction of sp³-hybridized carbons (Fsp3) is 0.400. The molecular weight excluding hydrogens is 316 g/mol. The SMILES string of the molecule is Cc1cccc(N2CCN(C(=O)CCC(=O)c3ccco3)CC2)c1C. The van der Waals surface area contributed by atoms with E-state index in [0.29, 0.717) is 18.8 Å². The summed E-state index contributed by atoms with van der Waals surface area (Å²) >= 11 is 0. The Kier molecular flexibility index (Phi) is 5.22. The first-order valence-electron chi connectivity index (χ1n) is 8.72. The van der Waals surface area contributed by atoms with Gasteiger partial charge in [0, 0.05) is 44.7 Å². The van der Waals surface area contributed by atoms with E-state index in [2.05, 4.69) is 36.9 Å². The Hall–Kier alpha value is -2.56. The van der Waals surface area contributed by atoms with Crippen LogP contribution in [0.15, 0.2) is 41.0 Å². The molecule has 1 aromatic carbocycles. The van der Waals surface area contributed by atoms with Gasteiger partial charge in [-0.3, -0.25) is 9.59 Å². The van der Waals surface area contributed by atoms with E-state index in [0.717, 1.165) is 13.1 Å². The largest absolute Gasteiger partial charge is 0.461 e. The third-order valence-corrected chi connectivity index (χ3v) is 4.91. The normalized spacial score (nSPS) is 14.6. The molecular formula is C20H24N2O3. The van der Waals surface area contributed by atoms with Gasteiger partial charge in [0.25, 0.3) is 0 Å². The van der Waals surface area contributed by atoms with Gasteiger partial charge in [0.1, 0.15) is 0 Å². The highest BCUT2D eigenvalue weighted by atomic mass is 16.3. The molecule has 1 aliphatic rings. The van der Waals surface area contributed by atoms with Crippen LogP contribution in [0.5, 0.6) is 0 Å². The summed E-state index contributed by atoms with van der Waals surface area (Å²) in [5.74, 6) is 0.250. The van der Waals surface area contributed by atoms with Gasteiger partial charge in [-0.2, -0.15) is 0 Å². The number of Topliss-reactive ketones (excluding diaryl/α,β-unsaturated/α-hetero) is 1. The number of hydrogen-bond donors (Lipinski definition) is 0. The van der Waals surface area contributed by atoms with Crippen LogP contribution in [0.4, 0.5) is 5.69 Å². The summed E-state index contributed by atoms with van der Waals surface area (Å²) in [6, 6.07) is 9.66. The van der Waals surface area contributed by atoms with E-state index in [1.165, 1.54) is 23.1 Å². The number of carbonyl (C=O) groups is 2. The molecule has 5 heteroatoms. The van der Waals surface area contributed by atoms with Crippen LogP contribution in [0.2, 0.25) is 0 Å². The number of furan rings is 1. The lowest BCUT2D eigenvalue weighted by Crippen LogP contribution is -2.49. The Labute approximate surface area is 148 Å². The minimum atomic E-state index is -0.118. The van der Waals surface area contributed by atoms with E-state index in [1.54, 1.807) is 12.1 Å². The number of nitrogens with zero attached hydrogens (tertiary/aromatic N) is 2. The van der Waals surface area contributed by atoms with Crippen molar-refractivity contribution in [2.75, 3.05) is 31.1 Å². The molecule has 0 radical (unpaired) electrons. The molecule has 2 aromatic rings. The smallest absolute Gasteiger partial charge is 0.223 e. The zero-order chi connectivity index (χ0) is 17.8. The second kappa shape index (κ2) is 7.55. The molecule has 0 unspecified atom stereocenters. The summed E-state index contributed by atoms with van der Waals surface area (Å²) in [6.07, 6.45) is 1.91. The second-order valence-corrected chi connectivity index (χ2v) is 6.49. The van der Waals surface area contributed by atoms with Gasteiger partial charge in [-0.1, -0.05) is 12.1 Å². The van der Waals surface area contributed by atoms with Crippen molar-refractivity contribution in [3.05, 3.63) is 53.5 Å². The van der Waals surface area contributed by atoms with Crippen LogP contribution in [0.25, 0.3) is 0 Å². The molecule has 0 spiro atoms. The van der Waals surface area contributed by atoms with E-state index in [-0.39, 0.29) is 24.5 Å². The Morgan fingerprint density at radius 2 is 1.76 bits per heavy atom. The predicted octanol–water partition coefficient (Wildman–Crippen LogP) is 3.21. The van der Waals surface area contributed by atoms with Crippen LogP contribution >= 0.6 is 0 Å². The van der Waals surface area contributed by atoms with Crippen molar-refractivity contribution in [3.63, 3.8) is 0 Å². The highest BCUT2D eigenvalue weighted by Gasteiger charge is 2.23. The summed E-state index contributed by atoms with van der Waals surface area (Å²) in [7, 11) is 0. The van der Waals surface area contributed by atoms with Crippen LogP contribution in [-0.2, 0) is 4.79 Å². The number of hydrogen-bond acceptors (Lipinski definition) is 4. The van der Waals surface area contributed by atoms with Gasteiger partial charge < -0.3 is 14.2 Å². The fourth-order valence-electron chi connectivity index (χ4n) is 3.21. The zero-order valence-electron chi connectivity index (χ0n) is 14.8. The van der Waals surface area contributed by atoms with Crippen molar-refractivity contribution >= 4 is 17.4 Å². The Morgan fingerprint density at radius 1 is 1.00 bits per heavy atom. The molecule has 1 amide bonds. The summed E-state index contributed by atoms with van der Waals surface area (Å²) in [5.41, 5.74) is 3.83. The maximum absolute atomic E-state index is 12.4. The van der Waals surface area contributed by atoms with Gasteiger partial charge in [-0.15, -0.1) is 0 Å². The lowest BCUT2D eigenvalue weighted by molar-refractivity contribution is -0.131. The number of benzene rings is 1. The van der Waals surface area contributed by atoms with Gasteiger partial charge >= 0.3 is 0 Å². The van der Waals surface area contributed by atoms with Crippen LogP contribution < -0.4 is 4.90 Å². The molecule has 0 atom stereocenters. The molecule has 1 aromatic heterocycles. The van der Waals surface area contributed by atoms with E-state index in [9.17, 15) is 9.59 Å². The molecule has 2 heterocycles. The maximum Gasteiger partial charge on any atom is 0.223 e. The number of carbonyl (C=O) groups excluding carboxylic acids is 2. The van der Waals surface area contributed by atoms with Crippen LogP contribution in [0, 0.1) is 13.8 Å². The van der Waals surface area contributed by atoms with Crippen LogP contribution in [-0.4, -0.2) is 42.8 Å². The summed E-state index contributed by atoms with van der Waals surface area (Å²) in [5, 5.41) is 0. The van der Waals surface area contributed by atoms with Gasteiger partial charge in [0.05, 0.1) is 6.26 Å². The third-order valence-electron chi connectivity index (χ3n) is 4.91. The lowest BCUT2D eigenvalue weighted by Gasteiger charge is -2.37.